The third-order valence-electron chi connectivity index (χ3n) is 6.96. The van der Waals surface area contributed by atoms with Crippen LogP contribution in [0.3, 0.4) is 0 Å². The number of fused-ring (bicyclic) bond motifs is 1. The van der Waals surface area contributed by atoms with E-state index in [-0.39, 0.29) is 5.91 Å². The largest absolute Gasteiger partial charge is 0.378 e. The van der Waals surface area contributed by atoms with Crippen molar-refractivity contribution in [3.05, 3.63) is 54.6 Å². The SMILES string of the molecule is CCn1c(-c2ccncc2)nc2c(N3CCOCC3)nc(N3CCN(C)C(c4ccccn4)C3=O)nc21. The summed E-state index contributed by atoms with van der Waals surface area (Å²) in [5.74, 6) is 1.84. The molecule has 37 heavy (non-hydrogen) atoms. The number of anilines is 2. The van der Waals surface area contributed by atoms with Crippen molar-refractivity contribution >= 4 is 28.8 Å². The minimum atomic E-state index is -0.496. The second kappa shape index (κ2) is 9.83. The first-order valence-corrected chi connectivity index (χ1v) is 12.6. The minimum Gasteiger partial charge on any atom is -0.378 e. The first-order valence-electron chi connectivity index (χ1n) is 12.6. The Morgan fingerprint density at radius 1 is 0.973 bits per heavy atom. The highest BCUT2D eigenvalue weighted by Gasteiger charge is 2.37. The van der Waals surface area contributed by atoms with Gasteiger partial charge in [0.25, 0.3) is 5.91 Å². The normalized spacial score (nSPS) is 19.1. The second-order valence-corrected chi connectivity index (χ2v) is 9.16. The van der Waals surface area contributed by atoms with Crippen molar-refractivity contribution in [1.82, 2.24) is 34.4 Å². The minimum absolute atomic E-state index is 0.0864. The molecule has 190 valence electrons. The van der Waals surface area contributed by atoms with Crippen LogP contribution in [-0.4, -0.2) is 86.7 Å². The van der Waals surface area contributed by atoms with Crippen LogP contribution in [0.25, 0.3) is 22.6 Å². The Balaban J connectivity index is 1.50. The number of hydrogen-bond donors (Lipinski definition) is 0. The predicted molar refractivity (Wildman–Crippen MR) is 139 cm³/mol. The third kappa shape index (κ3) is 4.19. The monoisotopic (exact) mass is 499 g/mol. The fourth-order valence-electron chi connectivity index (χ4n) is 5.03. The van der Waals surface area contributed by atoms with E-state index in [9.17, 15) is 4.79 Å². The van der Waals surface area contributed by atoms with Gasteiger partial charge in [-0.1, -0.05) is 6.07 Å². The van der Waals surface area contributed by atoms with Crippen LogP contribution >= 0.6 is 0 Å². The van der Waals surface area contributed by atoms with Crippen LogP contribution in [0.15, 0.2) is 48.9 Å². The molecule has 6 heterocycles. The van der Waals surface area contributed by atoms with Gasteiger partial charge in [0, 0.05) is 56.9 Å². The van der Waals surface area contributed by atoms with Crippen LogP contribution in [0.1, 0.15) is 18.7 Å². The zero-order chi connectivity index (χ0) is 25.4. The maximum Gasteiger partial charge on any atom is 0.252 e. The number of amides is 1. The van der Waals surface area contributed by atoms with Gasteiger partial charge in [0.15, 0.2) is 17.0 Å². The number of aryl methyl sites for hydroxylation is 1. The van der Waals surface area contributed by atoms with Crippen LogP contribution < -0.4 is 9.80 Å². The lowest BCUT2D eigenvalue weighted by molar-refractivity contribution is -0.125. The Kier molecular flexibility index (Phi) is 6.23. The van der Waals surface area contributed by atoms with Gasteiger partial charge in [0.2, 0.25) is 5.95 Å². The lowest BCUT2D eigenvalue weighted by atomic mass is 10.1. The first kappa shape index (κ1) is 23.4. The predicted octanol–water partition coefficient (Wildman–Crippen LogP) is 2.16. The molecule has 4 aromatic rings. The number of piperazine rings is 1. The molecular weight excluding hydrogens is 470 g/mol. The van der Waals surface area contributed by atoms with Gasteiger partial charge in [-0.3, -0.25) is 24.6 Å². The standard InChI is InChI=1S/C26H29N9O2/c1-3-34-22(18-7-10-27-11-8-18)29-20-23(33-14-16-37-17-15-33)30-26(31-24(20)34)35-13-12-32(2)21(25(35)36)19-6-4-5-9-28-19/h4-11,21H,3,12-17H2,1-2H3. The zero-order valence-electron chi connectivity index (χ0n) is 21.0. The van der Waals surface area contributed by atoms with E-state index in [2.05, 4.69) is 26.4 Å². The summed E-state index contributed by atoms with van der Waals surface area (Å²) < 4.78 is 7.68. The quantitative estimate of drug-likeness (QED) is 0.408. The molecule has 2 aliphatic heterocycles. The van der Waals surface area contributed by atoms with Crippen molar-refractivity contribution in [3.8, 4) is 11.4 Å². The van der Waals surface area contributed by atoms with E-state index in [0.29, 0.717) is 63.2 Å². The highest BCUT2D eigenvalue weighted by atomic mass is 16.5. The van der Waals surface area contributed by atoms with Gasteiger partial charge in [0.05, 0.1) is 18.9 Å². The van der Waals surface area contributed by atoms with E-state index in [1.54, 1.807) is 23.5 Å². The summed E-state index contributed by atoms with van der Waals surface area (Å²) >= 11 is 0. The number of carbonyl (C=O) groups is 1. The first-order chi connectivity index (χ1) is 18.2. The van der Waals surface area contributed by atoms with Gasteiger partial charge in [0.1, 0.15) is 11.9 Å². The number of nitrogens with zero attached hydrogens (tertiary/aromatic N) is 9. The van der Waals surface area contributed by atoms with Crippen molar-refractivity contribution in [2.75, 3.05) is 56.2 Å². The molecule has 0 N–H and O–H groups in total. The molecular formula is C26H29N9O2. The molecule has 0 aromatic carbocycles. The maximum atomic E-state index is 13.8. The molecule has 11 nitrogen and oxygen atoms in total. The number of rotatable bonds is 5. The Hall–Kier alpha value is -3.96. The van der Waals surface area contributed by atoms with Crippen LogP contribution in [0.4, 0.5) is 11.8 Å². The van der Waals surface area contributed by atoms with Gasteiger partial charge in [-0.2, -0.15) is 9.97 Å². The third-order valence-corrected chi connectivity index (χ3v) is 6.96. The van der Waals surface area contributed by atoms with Crippen molar-refractivity contribution in [2.45, 2.75) is 19.5 Å². The average Bonchev–Trinajstić information content (AvgIpc) is 3.33. The fraction of sp³-hybridized carbons (Fsp3) is 0.385. The molecule has 1 amide bonds. The Morgan fingerprint density at radius 3 is 2.51 bits per heavy atom. The topological polar surface area (TPSA) is 105 Å². The lowest BCUT2D eigenvalue weighted by Gasteiger charge is -2.37. The Labute approximate surface area is 214 Å². The second-order valence-electron chi connectivity index (χ2n) is 9.16. The number of pyridine rings is 2. The summed E-state index contributed by atoms with van der Waals surface area (Å²) in [6, 6.07) is 9.03. The number of ether oxygens (including phenoxy) is 1. The number of morpholine rings is 1. The van der Waals surface area contributed by atoms with E-state index in [0.717, 1.165) is 22.7 Å². The molecule has 0 spiro atoms. The number of imidazole rings is 1. The molecule has 2 saturated heterocycles. The highest BCUT2D eigenvalue weighted by molar-refractivity contribution is 5.98. The summed E-state index contributed by atoms with van der Waals surface area (Å²) in [5, 5.41) is 0. The Morgan fingerprint density at radius 2 is 1.78 bits per heavy atom. The molecule has 0 saturated carbocycles. The van der Waals surface area contributed by atoms with Crippen LogP contribution in [0, 0.1) is 0 Å². The highest BCUT2D eigenvalue weighted by Crippen LogP contribution is 2.33. The van der Waals surface area contributed by atoms with Gasteiger partial charge in [-0.05, 0) is 38.2 Å². The zero-order valence-corrected chi connectivity index (χ0v) is 21.0. The van der Waals surface area contributed by atoms with Crippen molar-refractivity contribution in [3.63, 3.8) is 0 Å². The average molecular weight is 500 g/mol. The van der Waals surface area contributed by atoms with Gasteiger partial charge in [-0.15, -0.1) is 0 Å². The molecule has 1 unspecified atom stereocenters. The number of hydrogen-bond acceptors (Lipinski definition) is 9. The van der Waals surface area contributed by atoms with Crippen LogP contribution in [0.2, 0.25) is 0 Å². The van der Waals surface area contributed by atoms with E-state index in [4.69, 9.17) is 19.7 Å². The summed E-state index contributed by atoms with van der Waals surface area (Å²) in [6.45, 7) is 6.52. The summed E-state index contributed by atoms with van der Waals surface area (Å²) in [7, 11) is 1.95. The van der Waals surface area contributed by atoms with E-state index < -0.39 is 6.04 Å². The molecule has 6 rings (SSSR count). The molecule has 2 aliphatic rings. The molecule has 11 heteroatoms. The lowest BCUT2D eigenvalue weighted by Crippen LogP contribution is -2.52. The van der Waals surface area contributed by atoms with E-state index in [1.807, 2.05) is 42.3 Å². The van der Waals surface area contributed by atoms with Crippen molar-refractivity contribution < 1.29 is 9.53 Å². The summed E-state index contributed by atoms with van der Waals surface area (Å²) in [5.41, 5.74) is 3.10. The molecule has 4 aromatic heterocycles. The van der Waals surface area contributed by atoms with Gasteiger partial charge in [-0.25, -0.2) is 4.98 Å². The van der Waals surface area contributed by atoms with Crippen molar-refractivity contribution in [2.24, 2.45) is 0 Å². The summed E-state index contributed by atoms with van der Waals surface area (Å²) in [4.78, 5) is 43.3. The molecule has 0 aliphatic carbocycles. The number of likely N-dealkylation sites (N-methyl/N-ethyl adjacent to an activating group) is 1. The van der Waals surface area contributed by atoms with Crippen molar-refractivity contribution in [1.29, 1.82) is 0 Å². The van der Waals surface area contributed by atoms with Crippen LogP contribution in [-0.2, 0) is 16.1 Å². The smallest absolute Gasteiger partial charge is 0.252 e. The van der Waals surface area contributed by atoms with Crippen LogP contribution in [0.5, 0.6) is 0 Å². The number of aromatic nitrogens is 6. The maximum absolute atomic E-state index is 13.8. The van der Waals surface area contributed by atoms with E-state index in [1.165, 1.54) is 0 Å². The van der Waals surface area contributed by atoms with Gasteiger partial charge >= 0.3 is 0 Å². The molecule has 2 fully saturated rings. The molecule has 0 radical (unpaired) electrons. The fourth-order valence-corrected chi connectivity index (χ4v) is 5.03. The molecule has 0 bridgehead atoms. The van der Waals surface area contributed by atoms with Gasteiger partial charge < -0.3 is 14.2 Å². The number of carbonyl (C=O) groups excluding carboxylic acids is 1. The summed E-state index contributed by atoms with van der Waals surface area (Å²) in [6.07, 6.45) is 5.24. The van der Waals surface area contributed by atoms with E-state index >= 15 is 0 Å². The Bertz CT molecular complexity index is 1400. The molecule has 1 atom stereocenters.